The molecule has 0 radical (unpaired) electrons. The lowest BCUT2D eigenvalue weighted by Crippen LogP contribution is -2.32. The minimum Gasteiger partial charge on any atom is -0.493 e. The van der Waals surface area contributed by atoms with Gasteiger partial charge in [0.1, 0.15) is 18.4 Å². The minimum atomic E-state index is -0.184. The number of aromatic nitrogens is 3. The quantitative estimate of drug-likeness (QED) is 0.613. The molecule has 0 saturated carbocycles. The number of rotatable bonds is 8. The smallest absolute Gasteiger partial charge is 0.223 e. The van der Waals surface area contributed by atoms with Crippen molar-refractivity contribution in [1.82, 2.24) is 20.1 Å². The van der Waals surface area contributed by atoms with Gasteiger partial charge >= 0.3 is 0 Å². The van der Waals surface area contributed by atoms with Crippen LogP contribution in [0.1, 0.15) is 18.0 Å². The van der Waals surface area contributed by atoms with Gasteiger partial charge in [0.25, 0.3) is 0 Å². The van der Waals surface area contributed by atoms with Crippen LogP contribution in [-0.4, -0.2) is 27.3 Å². The first kappa shape index (κ1) is 18.1. The van der Waals surface area contributed by atoms with E-state index in [0.717, 1.165) is 15.8 Å². The monoisotopic (exact) mass is 414 g/mol. The minimum absolute atomic E-state index is 0.0750. The Morgan fingerprint density at radius 1 is 1.19 bits per heavy atom. The molecule has 1 atom stereocenters. The fourth-order valence-corrected chi connectivity index (χ4v) is 2.90. The molecule has 0 aliphatic heterocycles. The first-order chi connectivity index (χ1) is 12.7. The highest BCUT2D eigenvalue weighted by atomic mass is 79.9. The molecule has 1 N–H and O–H groups in total. The van der Waals surface area contributed by atoms with Crippen molar-refractivity contribution in [2.45, 2.75) is 19.0 Å². The summed E-state index contributed by atoms with van der Waals surface area (Å²) in [4.78, 5) is 16.3. The van der Waals surface area contributed by atoms with E-state index in [1.807, 2.05) is 54.6 Å². The van der Waals surface area contributed by atoms with E-state index < -0.39 is 0 Å². The van der Waals surface area contributed by atoms with Crippen LogP contribution < -0.4 is 10.1 Å². The molecular formula is C19H19BrN4O2. The van der Waals surface area contributed by atoms with Gasteiger partial charge in [-0.2, -0.15) is 5.10 Å². The highest BCUT2D eigenvalue weighted by molar-refractivity contribution is 9.10. The lowest BCUT2D eigenvalue weighted by Gasteiger charge is -2.19. The van der Waals surface area contributed by atoms with Crippen LogP contribution in [-0.2, 0) is 11.3 Å². The molecule has 1 amide bonds. The summed E-state index contributed by atoms with van der Waals surface area (Å²) >= 11 is 3.40. The molecular weight excluding hydrogens is 396 g/mol. The zero-order valence-corrected chi connectivity index (χ0v) is 15.7. The van der Waals surface area contributed by atoms with Crippen LogP contribution in [0.5, 0.6) is 5.75 Å². The number of hydrogen-bond donors (Lipinski definition) is 1. The second-order valence-electron chi connectivity index (χ2n) is 5.70. The summed E-state index contributed by atoms with van der Waals surface area (Å²) in [6, 6.07) is 17.2. The molecule has 1 heterocycles. The summed E-state index contributed by atoms with van der Waals surface area (Å²) in [5.74, 6) is 0.656. The Balaban J connectivity index is 1.56. The average molecular weight is 415 g/mol. The molecule has 0 aliphatic rings. The van der Waals surface area contributed by atoms with Gasteiger partial charge in [-0.1, -0.05) is 52.3 Å². The molecule has 26 heavy (non-hydrogen) atoms. The number of halogens is 1. The van der Waals surface area contributed by atoms with Gasteiger partial charge in [-0.3, -0.25) is 9.48 Å². The van der Waals surface area contributed by atoms with Gasteiger partial charge in [0.2, 0.25) is 5.91 Å². The number of hydrogen-bond acceptors (Lipinski definition) is 4. The lowest BCUT2D eigenvalue weighted by molar-refractivity contribution is -0.122. The molecule has 0 fully saturated rings. The second kappa shape index (κ2) is 9.15. The first-order valence-corrected chi connectivity index (χ1v) is 9.05. The number of carbonyl (C=O) groups excluding carboxylic acids is 1. The molecule has 7 heteroatoms. The number of ether oxygens (including phenoxy) is 1. The number of amides is 1. The van der Waals surface area contributed by atoms with Crippen LogP contribution in [0.25, 0.3) is 0 Å². The number of nitrogens with zero attached hydrogens (tertiary/aromatic N) is 3. The van der Waals surface area contributed by atoms with E-state index in [-0.39, 0.29) is 18.4 Å². The molecule has 0 saturated heterocycles. The molecule has 0 spiro atoms. The van der Waals surface area contributed by atoms with Crippen molar-refractivity contribution in [1.29, 1.82) is 0 Å². The summed E-state index contributed by atoms with van der Waals surface area (Å²) in [5, 5.41) is 7.18. The molecule has 3 rings (SSSR count). The predicted molar refractivity (Wildman–Crippen MR) is 102 cm³/mol. The van der Waals surface area contributed by atoms with Gasteiger partial charge in [0, 0.05) is 4.47 Å². The Morgan fingerprint density at radius 3 is 2.77 bits per heavy atom. The summed E-state index contributed by atoms with van der Waals surface area (Å²) in [5.41, 5.74) is 1.02. The highest BCUT2D eigenvalue weighted by Gasteiger charge is 2.15. The van der Waals surface area contributed by atoms with E-state index in [4.69, 9.17) is 4.74 Å². The van der Waals surface area contributed by atoms with E-state index in [1.54, 1.807) is 11.0 Å². The van der Waals surface area contributed by atoms with Crippen molar-refractivity contribution in [3.63, 3.8) is 0 Å². The van der Waals surface area contributed by atoms with Gasteiger partial charge < -0.3 is 10.1 Å². The van der Waals surface area contributed by atoms with E-state index >= 15 is 0 Å². The Kier molecular flexibility index (Phi) is 6.38. The number of benzene rings is 2. The summed E-state index contributed by atoms with van der Waals surface area (Å²) < 4.78 is 8.28. The summed E-state index contributed by atoms with van der Waals surface area (Å²) in [6.07, 6.45) is 3.39. The molecule has 2 aromatic carbocycles. The van der Waals surface area contributed by atoms with Crippen LogP contribution in [0.4, 0.5) is 0 Å². The fraction of sp³-hybridized carbons (Fsp3) is 0.211. The van der Waals surface area contributed by atoms with Crippen LogP contribution in [0.2, 0.25) is 0 Å². The van der Waals surface area contributed by atoms with Gasteiger partial charge in [-0.05, 0) is 23.8 Å². The van der Waals surface area contributed by atoms with Crippen molar-refractivity contribution >= 4 is 21.8 Å². The molecule has 1 unspecified atom stereocenters. The van der Waals surface area contributed by atoms with Crippen LogP contribution in [0.3, 0.4) is 0 Å². The maximum Gasteiger partial charge on any atom is 0.223 e. The van der Waals surface area contributed by atoms with Crippen molar-refractivity contribution in [3.8, 4) is 5.75 Å². The molecule has 0 bridgehead atoms. The van der Waals surface area contributed by atoms with E-state index in [0.29, 0.717) is 13.2 Å². The zero-order valence-electron chi connectivity index (χ0n) is 14.1. The molecule has 1 aromatic heterocycles. The van der Waals surface area contributed by atoms with Gasteiger partial charge in [0.05, 0.1) is 25.6 Å². The Morgan fingerprint density at radius 2 is 2.04 bits per heavy atom. The van der Waals surface area contributed by atoms with Gasteiger partial charge in [0.15, 0.2) is 0 Å². The lowest BCUT2D eigenvalue weighted by atomic mass is 10.1. The topological polar surface area (TPSA) is 69.0 Å². The standard InChI is InChI=1S/C19H19BrN4O2/c20-16-7-4-8-17(11-16)26-10-9-19(25)23-18(12-24-14-21-13-22-24)15-5-2-1-3-6-15/h1-8,11,13-14,18H,9-10,12H2,(H,23,25). The molecule has 6 nitrogen and oxygen atoms in total. The maximum atomic E-state index is 12.4. The van der Waals surface area contributed by atoms with Crippen LogP contribution in [0, 0.1) is 0 Å². The van der Waals surface area contributed by atoms with Crippen molar-refractivity contribution in [3.05, 3.63) is 77.3 Å². The number of carbonyl (C=O) groups is 1. The second-order valence-corrected chi connectivity index (χ2v) is 6.62. The van der Waals surface area contributed by atoms with Gasteiger partial charge in [-0.25, -0.2) is 4.98 Å². The van der Waals surface area contributed by atoms with E-state index in [2.05, 4.69) is 31.3 Å². The third kappa shape index (κ3) is 5.42. The normalized spacial score (nSPS) is 11.7. The summed E-state index contributed by atoms with van der Waals surface area (Å²) in [6.45, 7) is 0.829. The van der Waals surface area contributed by atoms with Gasteiger partial charge in [-0.15, -0.1) is 0 Å². The third-order valence-electron chi connectivity index (χ3n) is 3.77. The van der Waals surface area contributed by atoms with Crippen molar-refractivity contribution < 1.29 is 9.53 Å². The maximum absolute atomic E-state index is 12.4. The largest absolute Gasteiger partial charge is 0.493 e. The molecule has 3 aromatic rings. The zero-order chi connectivity index (χ0) is 18.2. The van der Waals surface area contributed by atoms with E-state index in [9.17, 15) is 4.79 Å². The number of nitrogens with one attached hydrogen (secondary N) is 1. The van der Waals surface area contributed by atoms with Crippen LogP contribution >= 0.6 is 15.9 Å². The van der Waals surface area contributed by atoms with E-state index in [1.165, 1.54) is 6.33 Å². The van der Waals surface area contributed by atoms with Crippen molar-refractivity contribution in [2.24, 2.45) is 0 Å². The highest BCUT2D eigenvalue weighted by Crippen LogP contribution is 2.18. The molecule has 134 valence electrons. The fourth-order valence-electron chi connectivity index (χ4n) is 2.52. The average Bonchev–Trinajstić information content (AvgIpc) is 3.15. The third-order valence-corrected chi connectivity index (χ3v) is 4.26. The van der Waals surface area contributed by atoms with Crippen molar-refractivity contribution in [2.75, 3.05) is 6.61 Å². The Bertz CT molecular complexity index is 825. The Labute approximate surface area is 160 Å². The predicted octanol–water partition coefficient (Wildman–Crippen LogP) is 3.37. The molecule has 0 aliphatic carbocycles. The summed E-state index contributed by atoms with van der Waals surface area (Å²) in [7, 11) is 0. The first-order valence-electron chi connectivity index (χ1n) is 8.26. The van der Waals surface area contributed by atoms with Crippen LogP contribution in [0.15, 0.2) is 71.7 Å². The Hall–Kier alpha value is -2.67. The SMILES string of the molecule is O=C(CCOc1cccc(Br)c1)NC(Cn1cncn1)c1ccccc1.